The van der Waals surface area contributed by atoms with Crippen LogP contribution < -0.4 is 10.1 Å². The molecule has 0 saturated heterocycles. The van der Waals surface area contributed by atoms with E-state index in [0.717, 1.165) is 28.1 Å². The molecule has 4 rings (SSSR count). The molecule has 2 aromatic heterocycles. The predicted octanol–water partition coefficient (Wildman–Crippen LogP) is 5.25. The third kappa shape index (κ3) is 4.51. The fourth-order valence-electron chi connectivity index (χ4n) is 3.46. The van der Waals surface area contributed by atoms with Crippen molar-refractivity contribution >= 4 is 11.6 Å². The highest BCUT2D eigenvalue weighted by molar-refractivity contribution is 6.04. The molecule has 0 radical (unpaired) electrons. The van der Waals surface area contributed by atoms with Crippen molar-refractivity contribution in [1.82, 2.24) is 20.0 Å². The summed E-state index contributed by atoms with van der Waals surface area (Å²) in [6.45, 7) is 9.96. The van der Waals surface area contributed by atoms with Crippen LogP contribution in [0.25, 0.3) is 5.82 Å². The van der Waals surface area contributed by atoms with E-state index in [1.54, 1.807) is 35.0 Å². The quantitative estimate of drug-likeness (QED) is 0.470. The number of carbonyl (C=O) groups excluding carboxylic acids is 1. The molecule has 0 fully saturated rings. The summed E-state index contributed by atoms with van der Waals surface area (Å²) in [6, 6.07) is 16.5. The lowest BCUT2D eigenvalue weighted by atomic mass is 10.1. The van der Waals surface area contributed by atoms with E-state index < -0.39 is 0 Å². The Morgan fingerprint density at radius 2 is 1.56 bits per heavy atom. The molecule has 2 aromatic carbocycles. The Kier molecular flexibility index (Phi) is 5.73. The van der Waals surface area contributed by atoms with Gasteiger partial charge >= 0.3 is 0 Å². The Hall–Kier alpha value is -4.00. The van der Waals surface area contributed by atoms with Crippen molar-refractivity contribution in [3.8, 4) is 17.4 Å². The average Bonchev–Trinajstić information content (AvgIpc) is 3.02. The molecular formula is C25H25N5O2. The number of carbonyl (C=O) groups is 1. The third-order valence-corrected chi connectivity index (χ3v) is 5.31. The average molecular weight is 428 g/mol. The zero-order valence-electron chi connectivity index (χ0n) is 18.8. The molecular weight excluding hydrogens is 402 g/mol. The lowest BCUT2D eigenvalue weighted by molar-refractivity contribution is 0.102. The fraction of sp³-hybridized carbons (Fsp3) is 0.200. The summed E-state index contributed by atoms with van der Waals surface area (Å²) in [4.78, 5) is 12.5. The molecule has 7 nitrogen and oxygen atoms in total. The molecule has 162 valence electrons. The lowest BCUT2D eigenvalue weighted by Gasteiger charge is -2.09. The van der Waals surface area contributed by atoms with Crippen LogP contribution >= 0.6 is 0 Å². The van der Waals surface area contributed by atoms with Crippen molar-refractivity contribution < 1.29 is 9.53 Å². The van der Waals surface area contributed by atoms with Crippen LogP contribution in [0.15, 0.2) is 54.6 Å². The Labute approximate surface area is 187 Å². The molecule has 1 N–H and O–H groups in total. The maximum Gasteiger partial charge on any atom is 0.255 e. The highest BCUT2D eigenvalue weighted by Gasteiger charge is 2.11. The largest absolute Gasteiger partial charge is 0.438 e. The van der Waals surface area contributed by atoms with Crippen molar-refractivity contribution in [2.45, 2.75) is 34.6 Å². The van der Waals surface area contributed by atoms with Gasteiger partial charge in [-0.2, -0.15) is 5.10 Å². The monoisotopic (exact) mass is 427 g/mol. The maximum atomic E-state index is 12.5. The topological polar surface area (TPSA) is 81.9 Å². The summed E-state index contributed by atoms with van der Waals surface area (Å²) in [5.74, 6) is 1.46. The summed E-state index contributed by atoms with van der Waals surface area (Å²) < 4.78 is 7.56. The number of benzene rings is 2. The summed E-state index contributed by atoms with van der Waals surface area (Å²) in [6.07, 6.45) is 0. The fourth-order valence-corrected chi connectivity index (χ4v) is 3.46. The molecule has 32 heavy (non-hydrogen) atoms. The van der Waals surface area contributed by atoms with E-state index in [1.165, 1.54) is 0 Å². The summed E-state index contributed by atoms with van der Waals surface area (Å²) in [5.41, 5.74) is 6.56. The first-order valence-electron chi connectivity index (χ1n) is 10.3. The van der Waals surface area contributed by atoms with Gasteiger partial charge < -0.3 is 10.1 Å². The van der Waals surface area contributed by atoms with Gasteiger partial charge in [0.05, 0.1) is 5.69 Å². The van der Waals surface area contributed by atoms with Crippen molar-refractivity contribution in [3.63, 3.8) is 0 Å². The lowest BCUT2D eigenvalue weighted by Crippen LogP contribution is -2.12. The second kappa shape index (κ2) is 8.63. The SMILES string of the molecule is Cc1cc(C)cc(C(=O)Nc2ccc(Oc3ccc(-n4nc(C)c(C)c4C)nn3)cc2)c1. The summed E-state index contributed by atoms with van der Waals surface area (Å²) >= 11 is 0. The summed E-state index contributed by atoms with van der Waals surface area (Å²) in [5, 5.41) is 15.8. The van der Waals surface area contributed by atoms with Gasteiger partial charge in [-0.25, -0.2) is 4.68 Å². The molecule has 0 aliphatic carbocycles. The van der Waals surface area contributed by atoms with Crippen LogP contribution in [0.2, 0.25) is 0 Å². The molecule has 2 heterocycles. The van der Waals surface area contributed by atoms with Gasteiger partial charge in [0, 0.05) is 23.0 Å². The molecule has 7 heteroatoms. The molecule has 0 saturated carbocycles. The van der Waals surface area contributed by atoms with Crippen LogP contribution in [-0.2, 0) is 0 Å². The van der Waals surface area contributed by atoms with E-state index in [0.29, 0.717) is 28.7 Å². The summed E-state index contributed by atoms with van der Waals surface area (Å²) in [7, 11) is 0. The van der Waals surface area contributed by atoms with Gasteiger partial charge in [-0.15, -0.1) is 10.2 Å². The van der Waals surface area contributed by atoms with Gasteiger partial charge in [0.2, 0.25) is 5.88 Å². The van der Waals surface area contributed by atoms with Crippen LogP contribution in [0.4, 0.5) is 5.69 Å². The molecule has 0 bridgehead atoms. The number of ether oxygens (including phenoxy) is 1. The first kappa shape index (κ1) is 21.2. The van der Waals surface area contributed by atoms with Crippen molar-refractivity contribution in [3.05, 3.63) is 88.2 Å². The van der Waals surface area contributed by atoms with E-state index >= 15 is 0 Å². The van der Waals surface area contributed by atoms with E-state index in [9.17, 15) is 4.79 Å². The van der Waals surface area contributed by atoms with E-state index in [2.05, 4.69) is 20.6 Å². The minimum Gasteiger partial charge on any atom is -0.438 e. The van der Waals surface area contributed by atoms with Crippen LogP contribution in [0, 0.1) is 34.6 Å². The van der Waals surface area contributed by atoms with Crippen LogP contribution in [-0.4, -0.2) is 25.9 Å². The van der Waals surface area contributed by atoms with Crippen molar-refractivity contribution in [1.29, 1.82) is 0 Å². The Balaban J connectivity index is 1.42. The Bertz CT molecular complexity index is 1250. The van der Waals surface area contributed by atoms with Gasteiger partial charge in [0.25, 0.3) is 5.91 Å². The predicted molar refractivity (Wildman–Crippen MR) is 124 cm³/mol. The number of amides is 1. The second-order valence-corrected chi connectivity index (χ2v) is 7.89. The minimum absolute atomic E-state index is 0.147. The number of anilines is 1. The van der Waals surface area contributed by atoms with Gasteiger partial charge in [-0.3, -0.25) is 4.79 Å². The van der Waals surface area contributed by atoms with Crippen molar-refractivity contribution in [2.24, 2.45) is 0 Å². The van der Waals surface area contributed by atoms with E-state index in [4.69, 9.17) is 4.74 Å². The number of nitrogens with one attached hydrogen (secondary N) is 1. The number of hydrogen-bond donors (Lipinski definition) is 1. The first-order valence-corrected chi connectivity index (χ1v) is 10.3. The van der Waals surface area contributed by atoms with Gasteiger partial charge in [0.1, 0.15) is 5.75 Å². The van der Waals surface area contributed by atoms with Crippen molar-refractivity contribution in [2.75, 3.05) is 5.32 Å². The normalized spacial score (nSPS) is 10.8. The number of aryl methyl sites for hydroxylation is 3. The van der Waals surface area contributed by atoms with Gasteiger partial charge in [-0.1, -0.05) is 17.2 Å². The highest BCUT2D eigenvalue weighted by Crippen LogP contribution is 2.23. The van der Waals surface area contributed by atoms with Gasteiger partial charge in [-0.05, 0) is 82.6 Å². The molecule has 0 spiro atoms. The maximum absolute atomic E-state index is 12.5. The van der Waals surface area contributed by atoms with Crippen LogP contribution in [0.5, 0.6) is 11.6 Å². The number of nitrogens with zero attached hydrogens (tertiary/aromatic N) is 4. The van der Waals surface area contributed by atoms with E-state index in [1.807, 2.05) is 58.9 Å². The zero-order chi connectivity index (χ0) is 22.8. The number of rotatable bonds is 5. The number of aromatic nitrogens is 4. The molecule has 1 amide bonds. The molecule has 0 aliphatic heterocycles. The van der Waals surface area contributed by atoms with Gasteiger partial charge in [0.15, 0.2) is 5.82 Å². The third-order valence-electron chi connectivity index (χ3n) is 5.31. The molecule has 0 atom stereocenters. The Morgan fingerprint density at radius 3 is 2.12 bits per heavy atom. The van der Waals surface area contributed by atoms with Crippen LogP contribution in [0.3, 0.4) is 0 Å². The first-order chi connectivity index (χ1) is 15.3. The standard InChI is InChI=1S/C25H25N5O2/c1-15-12-16(2)14-20(13-15)25(31)26-21-6-8-22(9-7-21)32-24-11-10-23(27-28-24)30-19(5)17(3)18(4)29-30/h6-14H,1-5H3,(H,26,31). The highest BCUT2D eigenvalue weighted by atomic mass is 16.5. The molecule has 0 unspecified atom stereocenters. The smallest absolute Gasteiger partial charge is 0.255 e. The minimum atomic E-state index is -0.147. The van der Waals surface area contributed by atoms with Crippen LogP contribution in [0.1, 0.15) is 38.4 Å². The molecule has 0 aliphatic rings. The number of hydrogen-bond acceptors (Lipinski definition) is 5. The Morgan fingerprint density at radius 1 is 0.875 bits per heavy atom. The zero-order valence-corrected chi connectivity index (χ0v) is 18.8. The second-order valence-electron chi connectivity index (χ2n) is 7.89. The molecule has 4 aromatic rings. The van der Waals surface area contributed by atoms with E-state index in [-0.39, 0.29) is 5.91 Å².